The fraction of sp³-hybridized carbons (Fsp3) is 0.462. The fourth-order valence-corrected chi connectivity index (χ4v) is 4.36. The number of carbonyl (C=O) groups excluding carboxylic acids is 1. The molecule has 0 aliphatic carbocycles. The van der Waals surface area contributed by atoms with Gasteiger partial charge in [0.25, 0.3) is 0 Å². The Bertz CT molecular complexity index is 1220. The van der Waals surface area contributed by atoms with Crippen molar-refractivity contribution < 1.29 is 23.4 Å². The number of hydrogen-bond donors (Lipinski definition) is 2. The molecule has 0 radical (unpaired) electrons. The van der Waals surface area contributed by atoms with Gasteiger partial charge in [-0.05, 0) is 43.7 Å². The quantitative estimate of drug-likeness (QED) is 0.497. The van der Waals surface area contributed by atoms with E-state index in [0.29, 0.717) is 60.7 Å². The lowest BCUT2D eigenvalue weighted by Crippen LogP contribution is -2.53. The Kier molecular flexibility index (Phi) is 7.45. The van der Waals surface area contributed by atoms with E-state index in [-0.39, 0.29) is 24.9 Å². The van der Waals surface area contributed by atoms with Crippen molar-refractivity contribution in [3.05, 3.63) is 48.2 Å². The normalized spacial score (nSPS) is 22.1. The largest absolute Gasteiger partial charge is 0.378 e. The van der Waals surface area contributed by atoms with E-state index in [0.717, 1.165) is 13.0 Å². The van der Waals surface area contributed by atoms with Gasteiger partial charge in [-0.1, -0.05) is 6.92 Å². The Morgan fingerprint density at radius 3 is 2.59 bits per heavy atom. The average Bonchev–Trinajstić information content (AvgIpc) is 3.38. The molecule has 1 amide bonds. The Morgan fingerprint density at radius 2 is 1.89 bits per heavy atom. The molecule has 2 N–H and O–H groups in total. The third-order valence-corrected chi connectivity index (χ3v) is 6.43. The Hall–Kier alpha value is -3.41. The topological polar surface area (TPSA) is 114 Å². The highest BCUT2D eigenvalue weighted by Gasteiger charge is 2.43. The maximum atomic E-state index is 13.6. The second kappa shape index (κ2) is 10.9. The molecule has 0 atom stereocenters. The van der Waals surface area contributed by atoms with E-state index in [9.17, 15) is 9.18 Å². The standard InChI is InChI=1S/C26H31FN6O4/c1-3-9-28-25-29-10-8-19(30-25)21-20(17-4-6-18(27)7-5-17)31-22(32-21)23-36-15-26(2,16-37-23)24(34)33-11-13-35-14-12-33/h4-8,10,23H,3,9,11-16H2,1-2H3,(H,31,32)(H,28,29,30). The molecule has 2 saturated heterocycles. The van der Waals surface area contributed by atoms with Crippen molar-refractivity contribution >= 4 is 11.9 Å². The average molecular weight is 511 g/mol. The second-order valence-electron chi connectivity index (χ2n) is 9.46. The monoisotopic (exact) mass is 510 g/mol. The maximum Gasteiger partial charge on any atom is 0.233 e. The summed E-state index contributed by atoms with van der Waals surface area (Å²) in [6.45, 7) is 7.23. The molecule has 2 aliphatic heterocycles. The number of aromatic nitrogens is 4. The van der Waals surface area contributed by atoms with Gasteiger partial charge in [0.05, 0.1) is 48.9 Å². The first-order valence-corrected chi connectivity index (χ1v) is 12.5. The van der Waals surface area contributed by atoms with Crippen LogP contribution in [0.3, 0.4) is 0 Å². The Morgan fingerprint density at radius 1 is 1.16 bits per heavy atom. The van der Waals surface area contributed by atoms with Crippen molar-refractivity contribution in [1.29, 1.82) is 0 Å². The Balaban J connectivity index is 1.40. The lowest BCUT2D eigenvalue weighted by Gasteiger charge is -2.39. The van der Waals surface area contributed by atoms with Crippen LogP contribution < -0.4 is 5.32 Å². The first kappa shape index (κ1) is 25.2. The molecule has 4 heterocycles. The molecule has 0 saturated carbocycles. The van der Waals surface area contributed by atoms with Gasteiger partial charge in [0.2, 0.25) is 18.1 Å². The van der Waals surface area contributed by atoms with Gasteiger partial charge >= 0.3 is 0 Å². The van der Waals surface area contributed by atoms with Crippen LogP contribution in [0.15, 0.2) is 36.5 Å². The Labute approximate surface area is 214 Å². The highest BCUT2D eigenvalue weighted by molar-refractivity contribution is 5.83. The zero-order valence-corrected chi connectivity index (χ0v) is 21.0. The van der Waals surface area contributed by atoms with E-state index >= 15 is 0 Å². The van der Waals surface area contributed by atoms with Crippen molar-refractivity contribution in [2.24, 2.45) is 5.41 Å². The molecule has 2 aliphatic rings. The number of benzene rings is 1. The number of H-pyrrole nitrogens is 1. The van der Waals surface area contributed by atoms with Crippen molar-refractivity contribution in [2.45, 2.75) is 26.6 Å². The number of rotatable bonds is 7. The summed E-state index contributed by atoms with van der Waals surface area (Å²) >= 11 is 0. The number of hydrogen-bond acceptors (Lipinski definition) is 8. The van der Waals surface area contributed by atoms with E-state index in [4.69, 9.17) is 19.2 Å². The first-order chi connectivity index (χ1) is 18.0. The van der Waals surface area contributed by atoms with Crippen LogP contribution in [0, 0.1) is 11.2 Å². The van der Waals surface area contributed by atoms with Gasteiger partial charge in [-0.15, -0.1) is 0 Å². The van der Waals surface area contributed by atoms with Crippen molar-refractivity contribution in [3.8, 4) is 22.6 Å². The highest BCUT2D eigenvalue weighted by Crippen LogP contribution is 2.36. The highest BCUT2D eigenvalue weighted by atomic mass is 19.1. The number of nitrogens with one attached hydrogen (secondary N) is 2. The summed E-state index contributed by atoms with van der Waals surface area (Å²) in [4.78, 5) is 31.9. The van der Waals surface area contributed by atoms with Crippen molar-refractivity contribution in [3.63, 3.8) is 0 Å². The molecule has 5 rings (SSSR count). The SMILES string of the molecule is CCCNc1nccc(-c2[nH]c(C3OCC(C)(C(=O)N4CCOCC4)CO3)nc2-c2ccc(F)cc2)n1. The van der Waals surface area contributed by atoms with Gasteiger partial charge in [-0.25, -0.2) is 19.3 Å². The van der Waals surface area contributed by atoms with Crippen LogP contribution in [-0.4, -0.2) is 76.8 Å². The summed E-state index contributed by atoms with van der Waals surface area (Å²) in [5.74, 6) is 0.604. The zero-order valence-electron chi connectivity index (χ0n) is 21.0. The predicted octanol–water partition coefficient (Wildman–Crippen LogP) is 3.41. The van der Waals surface area contributed by atoms with Gasteiger partial charge in [0, 0.05) is 31.4 Å². The van der Waals surface area contributed by atoms with E-state index in [1.165, 1.54) is 12.1 Å². The molecule has 0 unspecified atom stereocenters. The van der Waals surface area contributed by atoms with Gasteiger partial charge in [-0.3, -0.25) is 4.79 Å². The fourth-order valence-electron chi connectivity index (χ4n) is 4.36. The number of ether oxygens (including phenoxy) is 3. The molecule has 3 aromatic rings. The first-order valence-electron chi connectivity index (χ1n) is 12.5. The van der Waals surface area contributed by atoms with E-state index in [1.807, 2.05) is 6.92 Å². The molecular weight excluding hydrogens is 479 g/mol. The predicted molar refractivity (Wildman–Crippen MR) is 134 cm³/mol. The number of amides is 1. The third kappa shape index (κ3) is 5.48. The number of morpholine rings is 1. The minimum Gasteiger partial charge on any atom is -0.378 e. The number of anilines is 1. The van der Waals surface area contributed by atoms with Crippen LogP contribution in [0.1, 0.15) is 32.4 Å². The van der Waals surface area contributed by atoms with Gasteiger partial charge in [0.15, 0.2) is 5.82 Å². The van der Waals surface area contributed by atoms with Crippen LogP contribution in [0.25, 0.3) is 22.6 Å². The smallest absolute Gasteiger partial charge is 0.233 e. The van der Waals surface area contributed by atoms with Crippen LogP contribution >= 0.6 is 0 Å². The summed E-state index contributed by atoms with van der Waals surface area (Å²) in [6.07, 6.45) is 1.82. The van der Waals surface area contributed by atoms with Gasteiger partial charge in [-0.2, -0.15) is 0 Å². The second-order valence-corrected chi connectivity index (χ2v) is 9.46. The molecule has 0 bridgehead atoms. The summed E-state index contributed by atoms with van der Waals surface area (Å²) < 4.78 is 31.0. The van der Waals surface area contributed by atoms with Crippen LogP contribution in [0.5, 0.6) is 0 Å². The summed E-state index contributed by atoms with van der Waals surface area (Å²) in [5, 5.41) is 3.19. The molecule has 10 nitrogen and oxygen atoms in total. The van der Waals surface area contributed by atoms with Crippen LogP contribution in [0.4, 0.5) is 10.3 Å². The number of aromatic amines is 1. The maximum absolute atomic E-state index is 13.6. The number of imidazole rings is 1. The number of carbonyl (C=O) groups is 1. The molecule has 11 heteroatoms. The van der Waals surface area contributed by atoms with Crippen molar-refractivity contribution in [2.75, 3.05) is 51.4 Å². The van der Waals surface area contributed by atoms with Gasteiger partial charge < -0.3 is 29.4 Å². The third-order valence-electron chi connectivity index (χ3n) is 6.43. The van der Waals surface area contributed by atoms with E-state index in [1.54, 1.807) is 29.3 Å². The minimum atomic E-state index is -0.796. The van der Waals surface area contributed by atoms with E-state index in [2.05, 4.69) is 27.2 Å². The molecule has 37 heavy (non-hydrogen) atoms. The number of halogens is 1. The lowest BCUT2D eigenvalue weighted by molar-refractivity contribution is -0.235. The molecule has 196 valence electrons. The zero-order chi connectivity index (χ0) is 25.8. The van der Waals surface area contributed by atoms with Crippen LogP contribution in [0.2, 0.25) is 0 Å². The summed E-state index contributed by atoms with van der Waals surface area (Å²) in [5.41, 5.74) is 1.75. The summed E-state index contributed by atoms with van der Waals surface area (Å²) in [7, 11) is 0. The number of nitrogens with zero attached hydrogens (tertiary/aromatic N) is 4. The molecule has 1 aromatic carbocycles. The lowest BCUT2D eigenvalue weighted by atomic mass is 9.90. The van der Waals surface area contributed by atoms with E-state index < -0.39 is 11.7 Å². The molecule has 0 spiro atoms. The summed E-state index contributed by atoms with van der Waals surface area (Å²) in [6, 6.07) is 7.88. The minimum absolute atomic E-state index is 0.00511. The molecule has 2 fully saturated rings. The van der Waals surface area contributed by atoms with Crippen LogP contribution in [-0.2, 0) is 19.0 Å². The van der Waals surface area contributed by atoms with Crippen molar-refractivity contribution in [1.82, 2.24) is 24.8 Å². The molecular formula is C26H31FN6O4. The molecule has 2 aromatic heterocycles. The van der Waals surface area contributed by atoms with Gasteiger partial charge in [0.1, 0.15) is 5.82 Å².